The van der Waals surface area contributed by atoms with Gasteiger partial charge in [-0.3, -0.25) is 4.99 Å². The van der Waals surface area contributed by atoms with Crippen LogP contribution in [0, 0.1) is 11.3 Å². The number of hydrogen-bond acceptors (Lipinski definition) is 1. The van der Waals surface area contributed by atoms with Crippen molar-refractivity contribution in [1.29, 1.82) is 0 Å². The highest BCUT2D eigenvalue weighted by molar-refractivity contribution is 5.86. The molecule has 0 aromatic carbocycles. The van der Waals surface area contributed by atoms with E-state index in [1.807, 2.05) is 6.08 Å². The Morgan fingerprint density at radius 3 is 2.31 bits per heavy atom. The van der Waals surface area contributed by atoms with Crippen LogP contribution in [0.15, 0.2) is 17.6 Å². The van der Waals surface area contributed by atoms with E-state index >= 15 is 0 Å². The van der Waals surface area contributed by atoms with Crippen molar-refractivity contribution in [2.75, 3.05) is 6.54 Å². The van der Waals surface area contributed by atoms with Gasteiger partial charge in [0.05, 0.1) is 0 Å². The average Bonchev–Trinajstić information content (AvgIpc) is 2.04. The van der Waals surface area contributed by atoms with Crippen LogP contribution in [0.4, 0.5) is 0 Å². The highest BCUT2D eigenvalue weighted by Crippen LogP contribution is 2.16. The third-order valence-electron chi connectivity index (χ3n) is 2.51. The summed E-state index contributed by atoms with van der Waals surface area (Å²) >= 11 is 0. The molecular formula is C12H23N. The lowest BCUT2D eigenvalue weighted by Gasteiger charge is -2.18. The van der Waals surface area contributed by atoms with Crippen molar-refractivity contribution in [3.63, 3.8) is 0 Å². The van der Waals surface area contributed by atoms with Gasteiger partial charge in [-0.25, -0.2) is 0 Å². The molecule has 0 N–H and O–H groups in total. The number of nitrogens with zero attached hydrogens (tertiary/aromatic N) is 1. The summed E-state index contributed by atoms with van der Waals surface area (Å²) in [6, 6.07) is 0. The third-order valence-corrected chi connectivity index (χ3v) is 2.51. The van der Waals surface area contributed by atoms with Gasteiger partial charge < -0.3 is 0 Å². The van der Waals surface area contributed by atoms with E-state index in [0.29, 0.717) is 5.92 Å². The Morgan fingerprint density at radius 1 is 1.46 bits per heavy atom. The van der Waals surface area contributed by atoms with E-state index in [2.05, 4.69) is 46.2 Å². The van der Waals surface area contributed by atoms with Gasteiger partial charge in [0.15, 0.2) is 0 Å². The molecule has 1 heteroatoms. The molecular weight excluding hydrogens is 158 g/mol. The van der Waals surface area contributed by atoms with Gasteiger partial charge in [-0.15, -0.1) is 6.58 Å². The Bertz CT molecular complexity index is 184. The zero-order valence-corrected chi connectivity index (χ0v) is 9.72. The van der Waals surface area contributed by atoms with Crippen molar-refractivity contribution >= 4 is 5.71 Å². The minimum absolute atomic E-state index is 0.208. The normalized spacial score (nSPS) is 15.6. The number of hydrogen-bond donors (Lipinski definition) is 0. The fourth-order valence-corrected chi connectivity index (χ4v) is 0.862. The summed E-state index contributed by atoms with van der Waals surface area (Å²) < 4.78 is 0. The highest BCUT2D eigenvalue weighted by Gasteiger charge is 2.13. The first-order chi connectivity index (χ1) is 5.91. The van der Waals surface area contributed by atoms with E-state index < -0.39 is 0 Å². The van der Waals surface area contributed by atoms with Gasteiger partial charge in [-0.05, 0) is 24.7 Å². The van der Waals surface area contributed by atoms with Gasteiger partial charge in [0.25, 0.3) is 0 Å². The molecule has 0 aliphatic carbocycles. The van der Waals surface area contributed by atoms with Gasteiger partial charge in [0.2, 0.25) is 0 Å². The third kappa shape index (κ3) is 4.87. The fraction of sp³-hybridized carbons (Fsp3) is 0.750. The predicted molar refractivity (Wildman–Crippen MR) is 61.4 cm³/mol. The number of rotatable bonds is 4. The molecule has 13 heavy (non-hydrogen) atoms. The standard InChI is InChI=1S/C12H23N/c1-7-11(8-2)9-13-10(3)12(4,5)6/h7,11H,1,8-9H2,2-6H3. The second-order valence-corrected chi connectivity index (χ2v) is 4.58. The van der Waals surface area contributed by atoms with Crippen molar-refractivity contribution in [3.05, 3.63) is 12.7 Å². The van der Waals surface area contributed by atoms with Crippen molar-refractivity contribution in [1.82, 2.24) is 0 Å². The molecule has 1 atom stereocenters. The second-order valence-electron chi connectivity index (χ2n) is 4.58. The topological polar surface area (TPSA) is 12.4 Å². The molecule has 1 unspecified atom stereocenters. The fourth-order valence-electron chi connectivity index (χ4n) is 0.862. The molecule has 0 saturated heterocycles. The maximum atomic E-state index is 4.58. The molecule has 0 aliphatic heterocycles. The first-order valence-electron chi connectivity index (χ1n) is 5.06. The molecule has 0 heterocycles. The molecule has 0 aromatic heterocycles. The highest BCUT2D eigenvalue weighted by atomic mass is 14.7. The van der Waals surface area contributed by atoms with E-state index in [0.717, 1.165) is 13.0 Å². The maximum absolute atomic E-state index is 4.58. The Balaban J connectivity index is 4.18. The minimum Gasteiger partial charge on any atom is -0.293 e. The van der Waals surface area contributed by atoms with Gasteiger partial charge in [0, 0.05) is 12.3 Å². The van der Waals surface area contributed by atoms with Gasteiger partial charge >= 0.3 is 0 Å². The van der Waals surface area contributed by atoms with Gasteiger partial charge in [0.1, 0.15) is 0 Å². The van der Waals surface area contributed by atoms with Crippen LogP contribution in [0.2, 0.25) is 0 Å². The van der Waals surface area contributed by atoms with Crippen LogP contribution in [-0.2, 0) is 0 Å². The molecule has 0 rings (SSSR count). The van der Waals surface area contributed by atoms with E-state index in [4.69, 9.17) is 0 Å². The van der Waals surface area contributed by atoms with Crippen LogP contribution in [0.3, 0.4) is 0 Å². The van der Waals surface area contributed by atoms with Crippen molar-refractivity contribution in [2.24, 2.45) is 16.3 Å². The second kappa shape index (κ2) is 5.21. The first-order valence-corrected chi connectivity index (χ1v) is 5.06. The Hall–Kier alpha value is -0.590. The molecule has 0 bridgehead atoms. The average molecular weight is 181 g/mol. The Morgan fingerprint density at radius 2 is 2.00 bits per heavy atom. The smallest absolute Gasteiger partial charge is 0.0451 e. The lowest BCUT2D eigenvalue weighted by atomic mass is 9.91. The molecule has 0 aliphatic rings. The number of aliphatic imine (C=N–C) groups is 1. The first kappa shape index (κ1) is 12.4. The van der Waals surface area contributed by atoms with Crippen LogP contribution in [0.25, 0.3) is 0 Å². The Kier molecular flexibility index (Phi) is 4.97. The van der Waals surface area contributed by atoms with Crippen LogP contribution in [0.1, 0.15) is 41.0 Å². The zero-order chi connectivity index (χ0) is 10.5. The summed E-state index contributed by atoms with van der Waals surface area (Å²) in [6.07, 6.45) is 3.13. The van der Waals surface area contributed by atoms with Gasteiger partial charge in [-0.1, -0.05) is 33.8 Å². The molecule has 0 spiro atoms. The Labute approximate surface area is 83.0 Å². The van der Waals surface area contributed by atoms with Crippen molar-refractivity contribution < 1.29 is 0 Å². The summed E-state index contributed by atoms with van der Waals surface area (Å²) in [6.45, 7) is 15.6. The maximum Gasteiger partial charge on any atom is 0.0451 e. The minimum atomic E-state index is 0.208. The van der Waals surface area contributed by atoms with E-state index in [9.17, 15) is 0 Å². The summed E-state index contributed by atoms with van der Waals surface area (Å²) in [7, 11) is 0. The molecule has 0 amide bonds. The van der Waals surface area contributed by atoms with E-state index in [1.165, 1.54) is 5.71 Å². The lowest BCUT2D eigenvalue weighted by molar-refractivity contribution is 0.574. The van der Waals surface area contributed by atoms with Crippen LogP contribution in [0.5, 0.6) is 0 Å². The van der Waals surface area contributed by atoms with Crippen LogP contribution < -0.4 is 0 Å². The molecule has 1 nitrogen and oxygen atoms in total. The van der Waals surface area contributed by atoms with Crippen molar-refractivity contribution in [3.8, 4) is 0 Å². The molecule has 76 valence electrons. The zero-order valence-electron chi connectivity index (χ0n) is 9.72. The lowest BCUT2D eigenvalue weighted by Crippen LogP contribution is -2.18. The monoisotopic (exact) mass is 181 g/mol. The largest absolute Gasteiger partial charge is 0.293 e. The SMILES string of the molecule is C=CC(CC)CN=C(C)C(C)(C)C. The van der Waals surface area contributed by atoms with Crippen LogP contribution >= 0.6 is 0 Å². The van der Waals surface area contributed by atoms with Crippen molar-refractivity contribution in [2.45, 2.75) is 41.0 Å². The van der Waals surface area contributed by atoms with E-state index in [-0.39, 0.29) is 5.41 Å². The predicted octanol–water partition coefficient (Wildman–Crippen LogP) is 3.71. The molecule has 0 aromatic rings. The molecule has 0 fully saturated rings. The van der Waals surface area contributed by atoms with Crippen LogP contribution in [-0.4, -0.2) is 12.3 Å². The summed E-state index contributed by atoms with van der Waals surface area (Å²) in [5, 5.41) is 0. The molecule has 0 saturated carbocycles. The van der Waals surface area contributed by atoms with Gasteiger partial charge in [-0.2, -0.15) is 0 Å². The molecule has 0 radical (unpaired) electrons. The summed E-state index contributed by atoms with van der Waals surface area (Å²) in [5.74, 6) is 0.539. The quantitative estimate of drug-likeness (QED) is 0.463. The summed E-state index contributed by atoms with van der Waals surface area (Å²) in [5.41, 5.74) is 1.44. The summed E-state index contributed by atoms with van der Waals surface area (Å²) in [4.78, 5) is 4.58. The van der Waals surface area contributed by atoms with E-state index in [1.54, 1.807) is 0 Å².